The molecule has 1 amide bonds. The monoisotopic (exact) mass is 1330 g/mol. The Kier molecular flexibility index (Phi) is 30.7. The van der Waals surface area contributed by atoms with Crippen molar-refractivity contribution >= 4 is 53.4 Å². The van der Waals surface area contributed by atoms with Crippen LogP contribution in [0.1, 0.15) is 119 Å². The summed E-state index contributed by atoms with van der Waals surface area (Å²) < 4.78 is 41.9. The summed E-state index contributed by atoms with van der Waals surface area (Å²) in [6.07, 6.45) is 7.42. The number of aldehydes is 1. The lowest BCUT2D eigenvalue weighted by atomic mass is 9.97. The van der Waals surface area contributed by atoms with Gasteiger partial charge >= 0.3 is 0 Å². The zero-order valence-corrected chi connectivity index (χ0v) is 56.9. The summed E-state index contributed by atoms with van der Waals surface area (Å²) in [4.78, 5) is 66.6. The Labute approximate surface area is 564 Å². The summed E-state index contributed by atoms with van der Waals surface area (Å²) in [5.41, 5.74) is 10.4. The van der Waals surface area contributed by atoms with Crippen molar-refractivity contribution in [2.75, 3.05) is 56.9 Å². The number of hydrogen-bond acceptors (Lipinski definition) is 19. The lowest BCUT2D eigenvalue weighted by molar-refractivity contribution is -0.134. The molecule has 1 heterocycles. The van der Waals surface area contributed by atoms with Gasteiger partial charge in [-0.05, 0) is 165 Å². The highest BCUT2D eigenvalue weighted by Crippen LogP contribution is 2.38. The van der Waals surface area contributed by atoms with E-state index in [4.69, 9.17) is 58.0 Å². The van der Waals surface area contributed by atoms with E-state index in [-0.39, 0.29) is 57.9 Å². The summed E-state index contributed by atoms with van der Waals surface area (Å²) in [5, 5.41) is 50.5. The highest BCUT2D eigenvalue weighted by atomic mass is 16.5. The molecular formula is C76H82N2O19. The van der Waals surface area contributed by atoms with Crippen molar-refractivity contribution < 1.29 is 92.2 Å². The van der Waals surface area contributed by atoms with E-state index in [2.05, 4.69) is 5.10 Å². The summed E-state index contributed by atoms with van der Waals surface area (Å²) >= 11 is 0. The number of amides is 1. The van der Waals surface area contributed by atoms with Crippen LogP contribution in [0.25, 0.3) is 12.2 Å². The molecule has 0 spiro atoms. The van der Waals surface area contributed by atoms with Crippen LogP contribution >= 0.6 is 0 Å². The molecule has 0 fully saturated rings. The molecule has 97 heavy (non-hydrogen) atoms. The minimum absolute atomic E-state index is 0.0632. The fourth-order valence-electron chi connectivity index (χ4n) is 9.03. The highest BCUT2D eigenvalue weighted by molar-refractivity contribution is 6.08. The molecule has 0 radical (unpaired) electrons. The number of ether oxygens (including phenoxy) is 8. The molecule has 0 aromatic heterocycles. The minimum atomic E-state index is -0.833. The first-order chi connectivity index (χ1) is 46.2. The topological polar surface area (TPSA) is 293 Å². The number of carboxylic acids is 1. The quantitative estimate of drug-likeness (QED) is 0.0231. The van der Waals surface area contributed by atoms with Crippen LogP contribution in [0.2, 0.25) is 0 Å². The number of carboxylic acid groups (broad SMARTS) is 1. The fraction of sp³-hybridized carbons (Fsp3) is 0.224. The van der Waals surface area contributed by atoms with E-state index in [0.29, 0.717) is 57.4 Å². The Hall–Kier alpha value is -11.9. The van der Waals surface area contributed by atoms with Gasteiger partial charge in [0.1, 0.15) is 29.3 Å². The van der Waals surface area contributed by atoms with Crippen LogP contribution in [0.4, 0.5) is 0 Å². The van der Waals surface area contributed by atoms with Gasteiger partial charge in [-0.25, -0.2) is 5.01 Å². The number of ketones is 3. The van der Waals surface area contributed by atoms with Crippen molar-refractivity contribution in [1.29, 1.82) is 0 Å². The minimum Gasteiger partial charge on any atom is -0.504 e. The van der Waals surface area contributed by atoms with Crippen LogP contribution in [-0.2, 0) is 9.59 Å². The predicted molar refractivity (Wildman–Crippen MR) is 371 cm³/mol. The Balaban J connectivity index is 0.000000263. The number of methoxy groups -OCH3 is 8. The number of aromatic hydroxyl groups is 4. The molecule has 1 unspecified atom stereocenters. The molecule has 0 aliphatic carbocycles. The molecule has 510 valence electrons. The number of rotatable bonds is 18. The highest BCUT2D eigenvalue weighted by Gasteiger charge is 2.32. The number of hydrazone groups is 1. The number of allylic oxidation sites excluding steroid dienone is 2. The number of hydrogen-bond donors (Lipinski definition) is 5. The average Bonchev–Trinajstić information content (AvgIpc) is 1.67. The van der Waals surface area contributed by atoms with Crippen molar-refractivity contribution in [3.8, 4) is 69.0 Å². The van der Waals surface area contributed by atoms with Crippen LogP contribution in [0, 0.1) is 27.7 Å². The first-order valence-corrected chi connectivity index (χ1v) is 29.7. The van der Waals surface area contributed by atoms with Gasteiger partial charge in [0.25, 0.3) is 5.97 Å². The van der Waals surface area contributed by atoms with Gasteiger partial charge in [0.2, 0.25) is 5.91 Å². The van der Waals surface area contributed by atoms with E-state index in [0.717, 1.165) is 81.2 Å². The Morgan fingerprint density at radius 2 is 0.804 bits per heavy atom. The molecule has 0 saturated heterocycles. The number of nitrogens with zero attached hydrogens (tertiary/aromatic N) is 2. The summed E-state index contributed by atoms with van der Waals surface area (Å²) in [6, 6.07) is 41.1. The van der Waals surface area contributed by atoms with Gasteiger partial charge in [0.15, 0.2) is 63.3 Å². The van der Waals surface area contributed by atoms with Crippen molar-refractivity contribution in [1.82, 2.24) is 5.01 Å². The zero-order valence-electron chi connectivity index (χ0n) is 56.9. The van der Waals surface area contributed by atoms with Gasteiger partial charge in [0.05, 0.1) is 68.6 Å². The van der Waals surface area contributed by atoms with Gasteiger partial charge in [-0.3, -0.25) is 28.8 Å². The van der Waals surface area contributed by atoms with Crippen LogP contribution in [-0.4, -0.2) is 129 Å². The fourth-order valence-corrected chi connectivity index (χ4v) is 9.03. The van der Waals surface area contributed by atoms with E-state index >= 15 is 0 Å². The molecule has 0 bridgehead atoms. The van der Waals surface area contributed by atoms with Crippen molar-refractivity contribution in [3.63, 3.8) is 0 Å². The molecule has 1 aliphatic heterocycles. The SMILES string of the molecule is CC(=O)O.COc1cc(C(=O)/C=C/c2ccc(OC)c(OC)c2)ccc1C.COc1cc(C(C)=O)ccc1C.COc1cc(C2=NN(C(C)=O)C(c3ccc(OC)c(OC)c3)C2)ccc1C.COc1cc(C=O)ccc1C.O=C(/C=C/c1ccc(O)c(O)c1)c1ccc(O)c(O)c1. The maximum absolute atomic E-state index is 12.3. The average molecular weight is 1330 g/mol. The van der Waals surface area contributed by atoms with E-state index in [1.54, 1.807) is 112 Å². The van der Waals surface area contributed by atoms with Gasteiger partial charge in [-0.1, -0.05) is 78.9 Å². The lowest BCUT2D eigenvalue weighted by Gasteiger charge is -2.21. The molecule has 1 atom stereocenters. The molecule has 0 saturated carbocycles. The maximum Gasteiger partial charge on any atom is 0.300 e. The third-order valence-electron chi connectivity index (χ3n) is 14.4. The van der Waals surface area contributed by atoms with E-state index in [1.807, 2.05) is 94.4 Å². The van der Waals surface area contributed by atoms with Crippen molar-refractivity contribution in [2.24, 2.45) is 5.10 Å². The third kappa shape index (κ3) is 23.3. The standard InChI is InChI=1S/C21H24N2O4.C19H20O4.C15H12O5.C10H12O2.C9H10O2.C2H4O2/c1-13-6-7-15(10-20(13)26-4)17-12-18(23(22-17)14(2)24)16-8-9-19(25-3)21(11-16)27-5;1-13-5-8-15(12-18(13)22-3)16(20)9-6-14-7-10-17(21-2)19(11-14)23-4;16-11(10-3-6-13(18)15(20)8-10)4-1-9-2-5-12(17)14(19)7-9;1-7-4-5-9(8(2)11)6-10(7)12-3;1-7-3-4-8(6-10)5-9(7)11-2;1-2(3)4/h6-11,18H,12H2,1-5H3;5-12H,1-4H3;1-8,17-20H;4-6H,1-3H3;3-6H,1-2H3;1H3,(H,3,4)/b;9-6+;4-1+;;;. The second-order valence-electron chi connectivity index (χ2n) is 21.2. The van der Waals surface area contributed by atoms with E-state index < -0.39 is 5.97 Å². The van der Waals surface area contributed by atoms with Crippen LogP contribution in [0.15, 0.2) is 163 Å². The molecular weight excluding hydrogens is 1240 g/mol. The van der Waals surface area contributed by atoms with Crippen LogP contribution in [0.5, 0.6) is 69.0 Å². The normalized spacial score (nSPS) is 11.7. The van der Waals surface area contributed by atoms with Crippen molar-refractivity contribution in [2.45, 2.75) is 60.9 Å². The van der Waals surface area contributed by atoms with Gasteiger partial charge in [-0.2, -0.15) is 5.10 Å². The molecule has 9 rings (SSSR count). The number of phenolic OH excluding ortho intramolecular Hbond substituents is 4. The van der Waals surface area contributed by atoms with Gasteiger partial charge < -0.3 is 63.4 Å². The second kappa shape index (κ2) is 38.3. The van der Waals surface area contributed by atoms with Gasteiger partial charge in [0, 0.05) is 48.1 Å². The number of carbonyl (C=O) groups is 6. The lowest BCUT2D eigenvalue weighted by Crippen LogP contribution is -2.24. The van der Waals surface area contributed by atoms with Crippen LogP contribution < -0.4 is 37.9 Å². The van der Waals surface area contributed by atoms with E-state index in [1.165, 1.54) is 60.5 Å². The zero-order chi connectivity index (χ0) is 72.1. The number of phenols is 4. The summed E-state index contributed by atoms with van der Waals surface area (Å²) in [5.74, 6) is 3.08. The number of carbonyl (C=O) groups excluding carboxylic acids is 5. The number of aliphatic carboxylic acids is 1. The maximum atomic E-state index is 12.3. The number of aryl methyl sites for hydroxylation is 4. The largest absolute Gasteiger partial charge is 0.504 e. The summed E-state index contributed by atoms with van der Waals surface area (Å²) in [7, 11) is 12.8. The van der Waals surface area contributed by atoms with Gasteiger partial charge in [-0.15, -0.1) is 0 Å². The molecule has 21 heteroatoms. The molecule has 8 aromatic rings. The Morgan fingerprint density at radius 3 is 1.29 bits per heavy atom. The Morgan fingerprint density at radius 1 is 0.423 bits per heavy atom. The second-order valence-corrected chi connectivity index (χ2v) is 21.2. The molecule has 1 aliphatic rings. The predicted octanol–water partition coefficient (Wildman–Crippen LogP) is 14.2. The third-order valence-corrected chi connectivity index (χ3v) is 14.4. The molecule has 8 aromatic carbocycles. The summed E-state index contributed by atoms with van der Waals surface area (Å²) in [6.45, 7) is 12.0. The molecule has 21 nitrogen and oxygen atoms in total. The van der Waals surface area contributed by atoms with Crippen molar-refractivity contribution in [3.05, 3.63) is 225 Å². The smallest absolute Gasteiger partial charge is 0.300 e. The number of benzene rings is 8. The Bertz CT molecular complexity index is 4150. The van der Waals surface area contributed by atoms with Crippen LogP contribution in [0.3, 0.4) is 0 Å². The molecule has 5 N–H and O–H groups in total. The first kappa shape index (κ1) is 77.6. The first-order valence-electron chi connectivity index (χ1n) is 29.7. The van der Waals surface area contributed by atoms with E-state index in [9.17, 15) is 34.2 Å². The number of Topliss-reactive ketones (excluding diaryl/α,β-unsaturated/α-hetero) is 1.